The summed E-state index contributed by atoms with van der Waals surface area (Å²) in [6, 6.07) is 6.74. The van der Waals surface area contributed by atoms with Gasteiger partial charge in [-0.15, -0.1) is 0 Å². The van der Waals surface area contributed by atoms with Gasteiger partial charge < -0.3 is 26.2 Å². The maximum atomic E-state index is 15.0. The second-order valence-electron chi connectivity index (χ2n) is 10.9. The summed E-state index contributed by atoms with van der Waals surface area (Å²) < 4.78 is 35.4. The second kappa shape index (κ2) is 11.7. The number of rotatable bonds is 7. The Kier molecular flexibility index (Phi) is 8.05. The van der Waals surface area contributed by atoms with Gasteiger partial charge in [0.1, 0.15) is 11.6 Å². The van der Waals surface area contributed by atoms with Crippen LogP contribution in [-0.4, -0.2) is 39.9 Å². The minimum absolute atomic E-state index is 0.172. The minimum Gasteiger partial charge on any atom is -0.381 e. The summed E-state index contributed by atoms with van der Waals surface area (Å²) >= 11 is 0. The van der Waals surface area contributed by atoms with Gasteiger partial charge in [-0.3, -0.25) is 4.98 Å². The Labute approximate surface area is 232 Å². The number of hydrogen-bond donors (Lipinski definition) is 4. The van der Waals surface area contributed by atoms with Crippen molar-refractivity contribution in [1.82, 2.24) is 15.0 Å². The fourth-order valence-corrected chi connectivity index (χ4v) is 5.94. The number of nitrogens with zero attached hydrogens (tertiary/aromatic N) is 3. The highest BCUT2D eigenvalue weighted by Crippen LogP contribution is 2.39. The molecule has 3 heterocycles. The molecule has 1 saturated carbocycles. The van der Waals surface area contributed by atoms with Crippen LogP contribution in [0.4, 0.5) is 20.4 Å². The van der Waals surface area contributed by atoms with E-state index in [2.05, 4.69) is 33.3 Å². The number of imidazole rings is 1. The van der Waals surface area contributed by atoms with Crippen LogP contribution >= 0.6 is 0 Å². The Balaban J connectivity index is 1.30. The number of anilines is 2. The highest BCUT2D eigenvalue weighted by Gasteiger charge is 2.36. The predicted molar refractivity (Wildman–Crippen MR) is 149 cm³/mol. The molecule has 1 saturated heterocycles. The van der Waals surface area contributed by atoms with E-state index in [-0.39, 0.29) is 17.3 Å². The van der Waals surface area contributed by atoms with Crippen LogP contribution in [0.15, 0.2) is 42.9 Å². The van der Waals surface area contributed by atoms with Crippen molar-refractivity contribution >= 4 is 23.4 Å². The van der Waals surface area contributed by atoms with Gasteiger partial charge in [-0.1, -0.05) is 6.92 Å². The Hall–Kier alpha value is -3.94. The topological polar surface area (TPSA) is 136 Å². The highest BCUT2D eigenvalue weighted by atomic mass is 19.1. The molecule has 2 fully saturated rings. The van der Waals surface area contributed by atoms with E-state index in [0.29, 0.717) is 49.5 Å². The fraction of sp³-hybridized carbons (Fsp3) is 0.400. The molecule has 1 aliphatic carbocycles. The molecule has 0 bridgehead atoms. The van der Waals surface area contributed by atoms with E-state index in [1.54, 1.807) is 18.6 Å². The molecular weight excluding hydrogens is 512 g/mol. The summed E-state index contributed by atoms with van der Waals surface area (Å²) in [7, 11) is 0. The first kappa shape index (κ1) is 27.6. The number of nitrogens with two attached hydrogens (primary N) is 1. The molecule has 8 nitrogen and oxygen atoms in total. The van der Waals surface area contributed by atoms with Gasteiger partial charge in [0.25, 0.3) is 0 Å². The van der Waals surface area contributed by atoms with Crippen LogP contribution in [0.5, 0.6) is 0 Å². The number of nitrogens with one attached hydrogen (secondary N) is 3. The van der Waals surface area contributed by atoms with E-state index in [1.165, 1.54) is 24.3 Å². The Morgan fingerprint density at radius 1 is 1.23 bits per heavy atom. The van der Waals surface area contributed by atoms with Crippen molar-refractivity contribution in [2.24, 2.45) is 11.7 Å². The zero-order chi connectivity index (χ0) is 28.3. The molecule has 10 heteroatoms. The van der Waals surface area contributed by atoms with Crippen molar-refractivity contribution in [1.29, 1.82) is 10.7 Å². The molecule has 5 rings (SSSR count). The smallest absolute Gasteiger partial charge is 0.205 e. The zero-order valence-electron chi connectivity index (χ0n) is 22.4. The van der Waals surface area contributed by atoms with E-state index in [9.17, 15) is 5.26 Å². The summed E-state index contributed by atoms with van der Waals surface area (Å²) in [5, 5.41) is 21.3. The lowest BCUT2D eigenvalue weighted by Gasteiger charge is -2.32. The normalized spacial score (nSPS) is 22.6. The zero-order valence-corrected chi connectivity index (χ0v) is 22.4. The third-order valence-electron chi connectivity index (χ3n) is 7.98. The number of aromatic amines is 1. The van der Waals surface area contributed by atoms with Gasteiger partial charge in [-0.05, 0) is 85.4 Å². The van der Waals surface area contributed by atoms with Crippen molar-refractivity contribution in [3.05, 3.63) is 76.9 Å². The number of H-pyrrole nitrogens is 1. The van der Waals surface area contributed by atoms with Crippen molar-refractivity contribution in [3.63, 3.8) is 0 Å². The lowest BCUT2D eigenvalue weighted by molar-refractivity contribution is 0.0673. The van der Waals surface area contributed by atoms with Crippen molar-refractivity contribution in [2.45, 2.75) is 56.4 Å². The number of allylic oxidation sites excluding steroid dienone is 1. The molecule has 2 aromatic heterocycles. The molecule has 5 N–H and O–H groups in total. The van der Waals surface area contributed by atoms with Gasteiger partial charge in [0, 0.05) is 25.5 Å². The predicted octanol–water partition coefficient (Wildman–Crippen LogP) is 5.71. The quantitative estimate of drug-likeness (QED) is 0.281. The Bertz CT molecular complexity index is 1420. The lowest BCUT2D eigenvalue weighted by Crippen LogP contribution is -2.32. The third-order valence-corrected chi connectivity index (χ3v) is 7.98. The summed E-state index contributed by atoms with van der Waals surface area (Å²) in [4.78, 5) is 11.7. The molecule has 40 heavy (non-hydrogen) atoms. The minimum atomic E-state index is -0.995. The highest BCUT2D eigenvalue weighted by molar-refractivity contribution is 6.09. The molecule has 3 aromatic rings. The molecule has 1 aromatic carbocycles. The first-order chi connectivity index (χ1) is 19.3. The number of aromatic nitrogens is 3. The van der Waals surface area contributed by atoms with Crippen molar-refractivity contribution < 1.29 is 13.5 Å². The molecule has 0 amide bonds. The number of hydrogen-bond acceptors (Lipinski definition) is 7. The SMILES string of the molecule is CC1CC(N)CC(c2ccncc2Nc2ncc(/C=C\C(=N)c3c(F)cc(C4(C#N)CCOCC4)cc3F)[nH]2)C1. The van der Waals surface area contributed by atoms with Crippen LogP contribution in [0, 0.1) is 34.3 Å². The van der Waals surface area contributed by atoms with Crippen LogP contribution in [0.1, 0.15) is 67.3 Å². The molecular formula is C30H33F2N7O. The van der Waals surface area contributed by atoms with E-state index >= 15 is 8.78 Å². The first-order valence-corrected chi connectivity index (χ1v) is 13.5. The molecule has 2 aliphatic rings. The van der Waals surface area contributed by atoms with E-state index in [1.807, 2.05) is 6.07 Å². The number of ether oxygens (including phenoxy) is 1. The van der Waals surface area contributed by atoms with Gasteiger partial charge in [0.15, 0.2) is 0 Å². The maximum absolute atomic E-state index is 15.0. The van der Waals surface area contributed by atoms with E-state index in [4.69, 9.17) is 15.9 Å². The number of pyridine rings is 1. The molecule has 3 atom stereocenters. The first-order valence-electron chi connectivity index (χ1n) is 13.5. The third kappa shape index (κ3) is 5.81. The largest absolute Gasteiger partial charge is 0.381 e. The summed E-state index contributed by atoms with van der Waals surface area (Å²) in [5.74, 6) is -0.402. The number of benzene rings is 1. The van der Waals surface area contributed by atoms with Crippen molar-refractivity contribution in [3.8, 4) is 6.07 Å². The fourth-order valence-electron chi connectivity index (χ4n) is 5.94. The molecule has 1 aliphatic heterocycles. The Morgan fingerprint density at radius 2 is 1.98 bits per heavy atom. The number of halogens is 2. The van der Waals surface area contributed by atoms with Gasteiger partial charge >= 0.3 is 0 Å². The average Bonchev–Trinajstić information content (AvgIpc) is 3.39. The van der Waals surface area contributed by atoms with Crippen LogP contribution in [0.25, 0.3) is 6.08 Å². The van der Waals surface area contributed by atoms with Gasteiger partial charge in [-0.25, -0.2) is 13.8 Å². The second-order valence-corrected chi connectivity index (χ2v) is 10.9. The summed E-state index contributed by atoms with van der Waals surface area (Å²) in [5.41, 5.74) is 7.32. The van der Waals surface area contributed by atoms with E-state index in [0.717, 1.165) is 30.5 Å². The number of nitriles is 1. The molecule has 3 unspecified atom stereocenters. The van der Waals surface area contributed by atoms with Crippen molar-refractivity contribution in [2.75, 3.05) is 18.5 Å². The molecule has 0 spiro atoms. The monoisotopic (exact) mass is 545 g/mol. The summed E-state index contributed by atoms with van der Waals surface area (Å²) in [6.07, 6.45) is 11.7. The standard InChI is InChI=1S/C30H33F2N7O/c1-18-10-19(12-21(34)11-18)23-4-7-36-16-27(23)39-29-37-15-22(38-29)2-3-26(35)28-24(31)13-20(14-25(28)32)30(17-33)5-8-40-9-6-30/h2-4,7,13-16,18-19,21,35H,5-6,8-12,34H2,1H3,(H2,37,38,39)/b3-2-,35-26?. The van der Waals surface area contributed by atoms with Crippen LogP contribution in [-0.2, 0) is 10.2 Å². The average molecular weight is 546 g/mol. The van der Waals surface area contributed by atoms with Crippen LogP contribution in [0.2, 0.25) is 0 Å². The lowest BCUT2D eigenvalue weighted by atomic mass is 9.75. The molecule has 0 radical (unpaired) electrons. The van der Waals surface area contributed by atoms with Gasteiger partial charge in [-0.2, -0.15) is 5.26 Å². The maximum Gasteiger partial charge on any atom is 0.205 e. The van der Waals surface area contributed by atoms with E-state index < -0.39 is 22.6 Å². The van der Waals surface area contributed by atoms with Gasteiger partial charge in [0.2, 0.25) is 5.95 Å². The molecule has 208 valence electrons. The van der Waals surface area contributed by atoms with Crippen LogP contribution < -0.4 is 11.1 Å². The Morgan fingerprint density at radius 3 is 2.67 bits per heavy atom. The van der Waals surface area contributed by atoms with Crippen LogP contribution in [0.3, 0.4) is 0 Å². The summed E-state index contributed by atoms with van der Waals surface area (Å²) in [6.45, 7) is 2.94. The van der Waals surface area contributed by atoms with Gasteiger partial charge in [0.05, 0.1) is 46.5 Å².